The zero-order valence-electron chi connectivity index (χ0n) is 12.7. The van der Waals surface area contributed by atoms with Crippen molar-refractivity contribution in [2.45, 2.75) is 38.3 Å². The van der Waals surface area contributed by atoms with Gasteiger partial charge in [0.1, 0.15) is 5.69 Å². The number of rotatable bonds is 5. The number of carbonyl (C=O) groups is 1. The van der Waals surface area contributed by atoms with Gasteiger partial charge in [-0.1, -0.05) is 6.07 Å². The van der Waals surface area contributed by atoms with Crippen LogP contribution < -0.4 is 5.32 Å². The van der Waals surface area contributed by atoms with Crippen molar-refractivity contribution in [1.29, 1.82) is 0 Å². The molecule has 6 heteroatoms. The molecule has 0 bridgehead atoms. The highest BCUT2D eigenvalue weighted by Crippen LogP contribution is 2.28. The van der Waals surface area contributed by atoms with Gasteiger partial charge >= 0.3 is 5.97 Å². The maximum Gasteiger partial charge on any atom is 0.306 e. The van der Waals surface area contributed by atoms with Crippen molar-refractivity contribution in [3.05, 3.63) is 29.3 Å². The van der Waals surface area contributed by atoms with Gasteiger partial charge in [-0.05, 0) is 37.1 Å². The van der Waals surface area contributed by atoms with Crippen LogP contribution in [-0.2, 0) is 18.4 Å². The van der Waals surface area contributed by atoms with Crippen molar-refractivity contribution in [2.75, 3.05) is 0 Å². The second kappa shape index (κ2) is 6.62. The van der Waals surface area contributed by atoms with Gasteiger partial charge in [-0.15, -0.1) is 11.3 Å². The van der Waals surface area contributed by atoms with Crippen LogP contribution in [0, 0.1) is 5.92 Å². The number of aliphatic carboxylic acids is 1. The average molecular weight is 319 g/mol. The molecular weight excluding hydrogens is 298 g/mol. The molecule has 0 aliphatic heterocycles. The second-order valence-electron chi connectivity index (χ2n) is 5.92. The second-order valence-corrected chi connectivity index (χ2v) is 6.87. The summed E-state index contributed by atoms with van der Waals surface area (Å²) in [7, 11) is 1.94. The maximum absolute atomic E-state index is 11.0. The van der Waals surface area contributed by atoms with Gasteiger partial charge in [0.15, 0.2) is 0 Å². The van der Waals surface area contributed by atoms with E-state index in [-0.39, 0.29) is 5.92 Å². The average Bonchev–Trinajstić information content (AvgIpc) is 3.14. The van der Waals surface area contributed by atoms with Gasteiger partial charge in [0, 0.05) is 31.4 Å². The molecule has 1 aliphatic rings. The lowest BCUT2D eigenvalue weighted by molar-refractivity contribution is -0.142. The fourth-order valence-corrected chi connectivity index (χ4v) is 3.83. The molecule has 0 unspecified atom stereocenters. The summed E-state index contributed by atoms with van der Waals surface area (Å²) in [6, 6.07) is 4.54. The summed E-state index contributed by atoms with van der Waals surface area (Å²) in [4.78, 5) is 12.2. The molecule has 0 spiro atoms. The van der Waals surface area contributed by atoms with Crippen molar-refractivity contribution in [1.82, 2.24) is 15.1 Å². The first kappa shape index (κ1) is 15.2. The molecule has 0 amide bonds. The maximum atomic E-state index is 11.0. The normalized spacial score (nSPS) is 21.9. The number of carboxylic acid groups (broad SMARTS) is 1. The molecule has 1 aliphatic carbocycles. The molecule has 2 aromatic rings. The smallest absolute Gasteiger partial charge is 0.306 e. The summed E-state index contributed by atoms with van der Waals surface area (Å²) in [5, 5.41) is 19.2. The molecule has 1 fully saturated rings. The Morgan fingerprint density at radius 2 is 2.23 bits per heavy atom. The highest BCUT2D eigenvalue weighted by Gasteiger charge is 2.25. The van der Waals surface area contributed by atoms with E-state index in [1.807, 2.05) is 17.8 Å². The van der Waals surface area contributed by atoms with Crippen LogP contribution in [0.4, 0.5) is 0 Å². The lowest BCUT2D eigenvalue weighted by Crippen LogP contribution is -2.34. The first-order valence-electron chi connectivity index (χ1n) is 7.66. The third-order valence-electron chi connectivity index (χ3n) is 4.32. The molecule has 3 rings (SSSR count). The Bertz CT molecular complexity index is 628. The summed E-state index contributed by atoms with van der Waals surface area (Å²) in [5.74, 6) is -0.802. The Kier molecular flexibility index (Phi) is 4.59. The van der Waals surface area contributed by atoms with Crippen LogP contribution >= 0.6 is 11.3 Å². The number of thiophene rings is 1. The van der Waals surface area contributed by atoms with Crippen LogP contribution in [0.1, 0.15) is 31.2 Å². The minimum Gasteiger partial charge on any atom is -0.481 e. The van der Waals surface area contributed by atoms with Crippen molar-refractivity contribution < 1.29 is 9.90 Å². The van der Waals surface area contributed by atoms with Gasteiger partial charge in [0.05, 0.1) is 10.8 Å². The van der Waals surface area contributed by atoms with Crippen molar-refractivity contribution >= 4 is 17.3 Å². The van der Waals surface area contributed by atoms with Crippen molar-refractivity contribution in [3.63, 3.8) is 0 Å². The topological polar surface area (TPSA) is 67.2 Å². The highest BCUT2D eigenvalue weighted by atomic mass is 32.1. The Hall–Kier alpha value is -1.66. The van der Waals surface area contributed by atoms with Crippen LogP contribution in [0.3, 0.4) is 0 Å². The van der Waals surface area contributed by atoms with Gasteiger partial charge in [0.2, 0.25) is 0 Å². The molecule has 1 saturated carbocycles. The van der Waals surface area contributed by atoms with E-state index in [9.17, 15) is 4.79 Å². The summed E-state index contributed by atoms with van der Waals surface area (Å²) in [6.07, 6.45) is 5.48. The van der Waals surface area contributed by atoms with E-state index < -0.39 is 5.97 Å². The van der Waals surface area contributed by atoms with Crippen LogP contribution in [0.25, 0.3) is 10.6 Å². The van der Waals surface area contributed by atoms with Crippen molar-refractivity contribution in [2.24, 2.45) is 13.0 Å². The molecular formula is C16H21N3O2S. The quantitative estimate of drug-likeness (QED) is 0.889. The van der Waals surface area contributed by atoms with Gasteiger partial charge in [-0.25, -0.2) is 0 Å². The van der Waals surface area contributed by atoms with E-state index >= 15 is 0 Å². The summed E-state index contributed by atoms with van der Waals surface area (Å²) in [5.41, 5.74) is 2.24. The number of aromatic nitrogens is 2. The van der Waals surface area contributed by atoms with Gasteiger partial charge in [-0.2, -0.15) is 5.10 Å². The molecule has 22 heavy (non-hydrogen) atoms. The zero-order valence-corrected chi connectivity index (χ0v) is 13.5. The van der Waals surface area contributed by atoms with Gasteiger partial charge in [-0.3, -0.25) is 9.48 Å². The largest absolute Gasteiger partial charge is 0.481 e. The fourth-order valence-electron chi connectivity index (χ4n) is 3.09. The minimum absolute atomic E-state index is 0.155. The molecule has 118 valence electrons. The first-order chi connectivity index (χ1) is 10.6. The van der Waals surface area contributed by atoms with E-state index in [1.54, 1.807) is 11.3 Å². The predicted octanol–water partition coefficient (Wildman–Crippen LogP) is 2.88. The third kappa shape index (κ3) is 3.39. The number of hydrogen-bond acceptors (Lipinski definition) is 4. The summed E-state index contributed by atoms with van der Waals surface area (Å²) in [6.45, 7) is 0.781. The van der Waals surface area contributed by atoms with E-state index in [1.165, 1.54) is 10.4 Å². The molecule has 0 aromatic carbocycles. The van der Waals surface area contributed by atoms with Gasteiger partial charge < -0.3 is 10.4 Å². The molecule has 5 nitrogen and oxygen atoms in total. The lowest BCUT2D eigenvalue weighted by atomic mass is 9.86. The Morgan fingerprint density at radius 3 is 2.86 bits per heavy atom. The van der Waals surface area contributed by atoms with Crippen LogP contribution in [-0.4, -0.2) is 26.9 Å². The third-order valence-corrected chi connectivity index (χ3v) is 5.19. The summed E-state index contributed by atoms with van der Waals surface area (Å²) >= 11 is 1.70. The number of hydrogen-bond donors (Lipinski definition) is 2. The number of nitrogens with one attached hydrogen (secondary N) is 1. The van der Waals surface area contributed by atoms with Crippen molar-refractivity contribution in [3.8, 4) is 10.6 Å². The standard InChI is InChI=1S/C16H21N3O2S/c1-19-10-12(15(18-19)14-3-2-8-22-14)9-17-13-6-4-11(5-7-13)16(20)21/h2-3,8,10-11,13,17H,4-7,9H2,1H3,(H,20,21). The zero-order chi connectivity index (χ0) is 15.5. The SMILES string of the molecule is Cn1cc(CNC2CCC(C(=O)O)CC2)c(-c2cccs2)n1. The lowest BCUT2D eigenvalue weighted by Gasteiger charge is -2.26. The molecule has 0 radical (unpaired) electrons. The van der Waals surface area contributed by atoms with Crippen LogP contribution in [0.5, 0.6) is 0 Å². The van der Waals surface area contributed by atoms with E-state index in [0.29, 0.717) is 6.04 Å². The Morgan fingerprint density at radius 1 is 1.45 bits per heavy atom. The fraction of sp³-hybridized carbons (Fsp3) is 0.500. The monoisotopic (exact) mass is 319 g/mol. The first-order valence-corrected chi connectivity index (χ1v) is 8.54. The molecule has 2 aromatic heterocycles. The molecule has 0 atom stereocenters. The van der Waals surface area contributed by atoms with E-state index in [2.05, 4.69) is 28.1 Å². The van der Waals surface area contributed by atoms with E-state index in [0.717, 1.165) is 37.9 Å². The minimum atomic E-state index is -0.648. The van der Waals surface area contributed by atoms with Gasteiger partial charge in [0.25, 0.3) is 0 Å². The number of carboxylic acids is 1. The number of nitrogens with zero attached hydrogens (tertiary/aromatic N) is 2. The molecule has 0 saturated heterocycles. The predicted molar refractivity (Wildman–Crippen MR) is 86.7 cm³/mol. The number of aryl methyl sites for hydroxylation is 1. The highest BCUT2D eigenvalue weighted by molar-refractivity contribution is 7.13. The molecule has 2 heterocycles. The molecule has 2 N–H and O–H groups in total. The van der Waals surface area contributed by atoms with Crippen LogP contribution in [0.15, 0.2) is 23.7 Å². The summed E-state index contributed by atoms with van der Waals surface area (Å²) < 4.78 is 1.85. The Labute approximate surface area is 134 Å². The van der Waals surface area contributed by atoms with Crippen LogP contribution in [0.2, 0.25) is 0 Å². The Balaban J connectivity index is 1.60. The van der Waals surface area contributed by atoms with E-state index in [4.69, 9.17) is 5.11 Å².